The Balaban J connectivity index is 0. The molecule has 0 spiro atoms. The van der Waals surface area contributed by atoms with Gasteiger partial charge in [0.15, 0.2) is 0 Å². The van der Waals surface area contributed by atoms with E-state index in [0.29, 0.717) is 0 Å². The summed E-state index contributed by atoms with van der Waals surface area (Å²) in [5.74, 6) is 1.84. The maximum Gasteiger partial charge on any atom is 0.394 e. The monoisotopic (exact) mass is 384 g/mol. The fourth-order valence-corrected chi connectivity index (χ4v) is 1.96. The lowest BCUT2D eigenvalue weighted by atomic mass is 10.0. The van der Waals surface area contributed by atoms with E-state index < -0.39 is 21.5 Å². The standard InChI is InChI=1S/C12H22N6.H2O4S.2H2O/c1-11(2,9-13-5-6-14-9)17-18-12(3,4)10-15-7-8-16-10;1-5(2,3)4;;/h5-8H2,1-4H3,(H,13,14)(H,15,16);(H2,1,2,3,4);2*1H2. The Labute approximate surface area is 147 Å². The van der Waals surface area contributed by atoms with E-state index >= 15 is 0 Å². The van der Waals surface area contributed by atoms with Crippen LogP contribution in [-0.2, 0) is 10.4 Å². The van der Waals surface area contributed by atoms with Gasteiger partial charge in [-0.15, -0.1) is 0 Å². The Bertz CT molecular complexity index is 568. The molecule has 0 radical (unpaired) electrons. The Kier molecular flexibility index (Phi) is 9.94. The molecule has 25 heavy (non-hydrogen) atoms. The maximum absolute atomic E-state index is 8.74. The number of amidine groups is 2. The molecule has 0 unspecified atom stereocenters. The molecule has 0 aromatic rings. The highest BCUT2D eigenvalue weighted by Crippen LogP contribution is 2.19. The zero-order valence-corrected chi connectivity index (χ0v) is 15.6. The van der Waals surface area contributed by atoms with Crippen molar-refractivity contribution in [3.05, 3.63) is 0 Å². The molecule has 8 N–H and O–H groups in total. The van der Waals surface area contributed by atoms with Gasteiger partial charge in [-0.3, -0.25) is 19.1 Å². The van der Waals surface area contributed by atoms with Gasteiger partial charge >= 0.3 is 10.4 Å². The molecule has 0 fully saturated rings. The molecule has 0 amide bonds. The van der Waals surface area contributed by atoms with Crippen LogP contribution in [0.25, 0.3) is 0 Å². The van der Waals surface area contributed by atoms with Crippen molar-refractivity contribution in [2.45, 2.75) is 38.8 Å². The molecule has 0 aromatic heterocycles. The molecule has 0 aliphatic carbocycles. The molecule has 0 saturated carbocycles. The van der Waals surface area contributed by atoms with E-state index in [4.69, 9.17) is 17.5 Å². The van der Waals surface area contributed by atoms with Crippen molar-refractivity contribution < 1.29 is 28.5 Å². The first kappa shape index (κ1) is 25.6. The molecule has 148 valence electrons. The summed E-state index contributed by atoms with van der Waals surface area (Å²) in [4.78, 5) is 8.82. The Morgan fingerprint density at radius 2 is 1.16 bits per heavy atom. The Morgan fingerprint density at radius 3 is 1.36 bits per heavy atom. The molecule has 0 bridgehead atoms. The average molecular weight is 384 g/mol. The van der Waals surface area contributed by atoms with Gasteiger partial charge < -0.3 is 21.6 Å². The molecule has 12 nitrogen and oxygen atoms in total. The van der Waals surface area contributed by atoms with Gasteiger partial charge in [-0.25, -0.2) is 0 Å². The van der Waals surface area contributed by atoms with Crippen molar-refractivity contribution in [2.24, 2.45) is 20.2 Å². The minimum absolute atomic E-state index is 0. The quantitative estimate of drug-likeness (QED) is 0.341. The summed E-state index contributed by atoms with van der Waals surface area (Å²) < 4.78 is 31.6. The zero-order valence-electron chi connectivity index (χ0n) is 14.7. The van der Waals surface area contributed by atoms with Gasteiger partial charge in [-0.05, 0) is 27.7 Å². The first-order chi connectivity index (χ1) is 10.4. The summed E-state index contributed by atoms with van der Waals surface area (Å²) in [6.45, 7) is 11.5. The average Bonchev–Trinajstić information content (AvgIpc) is 3.07. The normalized spacial score (nSPS) is 17.2. The number of nitrogens with one attached hydrogen (secondary N) is 2. The number of aliphatic imine (C=N–C) groups is 2. The van der Waals surface area contributed by atoms with E-state index in [1.165, 1.54) is 0 Å². The van der Waals surface area contributed by atoms with Crippen molar-refractivity contribution in [1.29, 1.82) is 0 Å². The molecular weight excluding hydrogens is 356 g/mol. The molecule has 2 aliphatic heterocycles. The number of rotatable bonds is 4. The van der Waals surface area contributed by atoms with Crippen molar-refractivity contribution >= 4 is 22.1 Å². The van der Waals surface area contributed by atoms with E-state index in [-0.39, 0.29) is 11.0 Å². The predicted octanol–water partition coefficient (Wildman–Crippen LogP) is -1.30. The fraction of sp³-hybridized carbons (Fsp3) is 0.833. The van der Waals surface area contributed by atoms with Crippen LogP contribution in [-0.4, -0.2) is 77.4 Å². The Hall–Kier alpha value is -1.67. The first-order valence-corrected chi connectivity index (χ1v) is 8.53. The third-order valence-electron chi connectivity index (χ3n) is 3.06. The van der Waals surface area contributed by atoms with Gasteiger partial charge in [0.1, 0.15) is 22.7 Å². The van der Waals surface area contributed by atoms with Gasteiger partial charge in [0.25, 0.3) is 0 Å². The highest BCUT2D eigenvalue weighted by Gasteiger charge is 2.31. The summed E-state index contributed by atoms with van der Waals surface area (Å²) in [7, 11) is -4.67. The van der Waals surface area contributed by atoms with Crippen LogP contribution >= 0.6 is 0 Å². The lowest BCUT2D eigenvalue weighted by Crippen LogP contribution is -2.41. The number of hydrogen-bond donors (Lipinski definition) is 4. The van der Waals surface area contributed by atoms with Crippen LogP contribution in [0.5, 0.6) is 0 Å². The fourth-order valence-electron chi connectivity index (χ4n) is 1.96. The van der Waals surface area contributed by atoms with Crippen molar-refractivity contribution in [3.8, 4) is 0 Å². The van der Waals surface area contributed by atoms with Gasteiger partial charge in [0.2, 0.25) is 0 Å². The van der Waals surface area contributed by atoms with Gasteiger partial charge in [-0.1, -0.05) is 0 Å². The van der Waals surface area contributed by atoms with Crippen LogP contribution in [0.1, 0.15) is 27.7 Å². The van der Waals surface area contributed by atoms with Crippen molar-refractivity contribution in [2.75, 3.05) is 26.2 Å². The smallest absolute Gasteiger partial charge is 0.394 e. The lowest BCUT2D eigenvalue weighted by Gasteiger charge is -2.23. The zero-order chi connectivity index (χ0) is 17.7. The van der Waals surface area contributed by atoms with E-state index in [1.54, 1.807) is 0 Å². The maximum atomic E-state index is 8.74. The molecule has 0 atom stereocenters. The molecule has 0 saturated heterocycles. The summed E-state index contributed by atoms with van der Waals surface area (Å²) in [6, 6.07) is 0. The van der Waals surface area contributed by atoms with Crippen molar-refractivity contribution in [3.63, 3.8) is 0 Å². The summed E-state index contributed by atoms with van der Waals surface area (Å²) >= 11 is 0. The van der Waals surface area contributed by atoms with Gasteiger partial charge in [-0.2, -0.15) is 18.6 Å². The second kappa shape index (κ2) is 9.72. The van der Waals surface area contributed by atoms with Gasteiger partial charge in [0, 0.05) is 13.1 Å². The number of nitrogens with zero attached hydrogens (tertiary/aromatic N) is 4. The van der Waals surface area contributed by atoms with Crippen LogP contribution in [0.15, 0.2) is 20.2 Å². The molecule has 13 heteroatoms. The largest absolute Gasteiger partial charge is 0.412 e. The van der Waals surface area contributed by atoms with Crippen LogP contribution in [0.2, 0.25) is 0 Å². The van der Waals surface area contributed by atoms with E-state index in [2.05, 4.69) is 30.8 Å². The Morgan fingerprint density at radius 1 is 0.880 bits per heavy atom. The van der Waals surface area contributed by atoms with Crippen LogP contribution in [0.4, 0.5) is 0 Å². The molecule has 2 heterocycles. The minimum Gasteiger partial charge on any atom is -0.412 e. The van der Waals surface area contributed by atoms with Crippen LogP contribution in [0, 0.1) is 0 Å². The highest BCUT2D eigenvalue weighted by molar-refractivity contribution is 7.79. The molecular formula is C12H28N6O6S. The van der Waals surface area contributed by atoms with Crippen LogP contribution < -0.4 is 10.6 Å². The number of azo groups is 1. The lowest BCUT2D eigenvalue weighted by molar-refractivity contribution is 0.381. The third-order valence-corrected chi connectivity index (χ3v) is 3.06. The summed E-state index contributed by atoms with van der Waals surface area (Å²) in [5.41, 5.74) is -0.792. The highest BCUT2D eigenvalue weighted by atomic mass is 32.3. The first-order valence-electron chi connectivity index (χ1n) is 7.13. The van der Waals surface area contributed by atoms with E-state index in [0.717, 1.165) is 37.9 Å². The predicted molar refractivity (Wildman–Crippen MR) is 95.0 cm³/mol. The van der Waals surface area contributed by atoms with Crippen molar-refractivity contribution in [1.82, 2.24) is 10.6 Å². The second-order valence-electron chi connectivity index (χ2n) is 6.08. The summed E-state index contributed by atoms with van der Waals surface area (Å²) in [5, 5.41) is 15.4. The van der Waals surface area contributed by atoms with E-state index in [1.807, 2.05) is 27.7 Å². The second-order valence-corrected chi connectivity index (χ2v) is 6.98. The number of hydrogen-bond acceptors (Lipinski definition) is 8. The molecule has 2 rings (SSSR count). The minimum atomic E-state index is -4.67. The van der Waals surface area contributed by atoms with Gasteiger partial charge in [0.05, 0.1) is 13.1 Å². The molecule has 2 aliphatic rings. The topological polar surface area (TPSA) is 211 Å². The summed E-state index contributed by atoms with van der Waals surface area (Å²) in [6.07, 6.45) is 0. The third kappa shape index (κ3) is 9.40. The molecule has 0 aromatic carbocycles. The SMILES string of the molecule is CC(C)(N=NC(C)(C)C1=NCCN1)C1=NCCN1.O.O.O=S(=O)(O)O. The van der Waals surface area contributed by atoms with Crippen LogP contribution in [0.3, 0.4) is 0 Å². The van der Waals surface area contributed by atoms with E-state index in [9.17, 15) is 0 Å².